The molecule has 0 saturated heterocycles. The topological polar surface area (TPSA) is 41.1 Å². The number of aryl methyl sites for hydroxylation is 1. The van der Waals surface area contributed by atoms with E-state index in [4.69, 9.17) is 23.2 Å². The van der Waals surface area contributed by atoms with E-state index < -0.39 is 0 Å². The van der Waals surface area contributed by atoms with Gasteiger partial charge in [-0.2, -0.15) is 0 Å². The van der Waals surface area contributed by atoms with Crippen LogP contribution in [-0.4, -0.2) is 5.91 Å². The molecule has 0 aliphatic rings. The highest BCUT2D eigenvalue weighted by Crippen LogP contribution is 2.20. The number of rotatable bonds is 4. The van der Waals surface area contributed by atoms with Crippen LogP contribution in [0.15, 0.2) is 49.0 Å². The Balaban J connectivity index is 2.00. The summed E-state index contributed by atoms with van der Waals surface area (Å²) in [7, 11) is 0. The molecule has 2 aromatic rings. The Morgan fingerprint density at radius 3 is 2.33 bits per heavy atom. The van der Waals surface area contributed by atoms with Crippen molar-refractivity contribution >= 4 is 34.8 Å². The van der Waals surface area contributed by atoms with Crippen molar-refractivity contribution in [3.8, 4) is 0 Å². The van der Waals surface area contributed by atoms with Gasteiger partial charge >= 0.3 is 0 Å². The third-order valence-electron chi connectivity index (χ3n) is 2.90. The highest BCUT2D eigenvalue weighted by molar-refractivity contribution is 6.36. The van der Waals surface area contributed by atoms with Crippen molar-refractivity contribution in [1.82, 2.24) is 10.9 Å². The van der Waals surface area contributed by atoms with Crippen LogP contribution in [-0.2, 0) is 0 Å². The van der Waals surface area contributed by atoms with Crippen LogP contribution >= 0.6 is 23.2 Å². The third kappa shape index (κ3) is 4.00. The molecule has 1 amide bonds. The van der Waals surface area contributed by atoms with Gasteiger partial charge in [0, 0.05) is 5.02 Å². The zero-order valence-electron chi connectivity index (χ0n) is 11.4. The van der Waals surface area contributed by atoms with E-state index in [9.17, 15) is 4.79 Å². The number of hydrogen-bond donors (Lipinski definition) is 2. The molecule has 2 N–H and O–H groups in total. The van der Waals surface area contributed by atoms with Crippen LogP contribution in [0.4, 0.5) is 0 Å². The second-order valence-corrected chi connectivity index (χ2v) is 5.39. The second-order valence-electron chi connectivity index (χ2n) is 4.55. The molecule has 0 spiro atoms. The van der Waals surface area contributed by atoms with E-state index in [2.05, 4.69) is 17.4 Å². The monoisotopic (exact) mass is 320 g/mol. The summed E-state index contributed by atoms with van der Waals surface area (Å²) in [5.41, 5.74) is 8.31. The molecule has 0 aliphatic carbocycles. The minimum Gasteiger partial charge on any atom is -0.298 e. The van der Waals surface area contributed by atoms with E-state index in [1.165, 1.54) is 6.07 Å². The molecular weight excluding hydrogens is 307 g/mol. The third-order valence-corrected chi connectivity index (χ3v) is 3.45. The van der Waals surface area contributed by atoms with Gasteiger partial charge < -0.3 is 0 Å². The van der Waals surface area contributed by atoms with Crippen LogP contribution in [0.3, 0.4) is 0 Å². The van der Waals surface area contributed by atoms with Crippen molar-refractivity contribution in [2.24, 2.45) is 0 Å². The molecule has 0 bridgehead atoms. The Hall–Kier alpha value is -1.97. The Morgan fingerprint density at radius 1 is 1.05 bits per heavy atom. The van der Waals surface area contributed by atoms with Gasteiger partial charge in [0.05, 0.1) is 16.3 Å². The Bertz CT molecular complexity index is 681. The van der Waals surface area contributed by atoms with Crippen LogP contribution in [0.1, 0.15) is 21.5 Å². The molecule has 0 unspecified atom stereocenters. The van der Waals surface area contributed by atoms with Gasteiger partial charge in [-0.05, 0) is 30.7 Å². The van der Waals surface area contributed by atoms with Gasteiger partial charge in [0.1, 0.15) is 0 Å². The number of carbonyl (C=O) groups excluding carboxylic acids is 1. The summed E-state index contributed by atoms with van der Waals surface area (Å²) in [5, 5.41) is 0.774. The first-order chi connectivity index (χ1) is 9.97. The van der Waals surface area contributed by atoms with E-state index in [0.29, 0.717) is 21.3 Å². The molecule has 0 saturated carbocycles. The van der Waals surface area contributed by atoms with Gasteiger partial charge in [0.25, 0.3) is 5.91 Å². The lowest BCUT2D eigenvalue weighted by Crippen LogP contribution is -2.36. The predicted octanol–water partition coefficient (Wildman–Crippen LogP) is 4.21. The summed E-state index contributed by atoms with van der Waals surface area (Å²) in [6.07, 6.45) is 0. The number of nitrogens with one attached hydrogen (secondary N) is 2. The van der Waals surface area contributed by atoms with E-state index in [-0.39, 0.29) is 5.91 Å². The first-order valence-electron chi connectivity index (χ1n) is 6.25. The summed E-state index contributed by atoms with van der Waals surface area (Å²) < 4.78 is 0. The average Bonchev–Trinajstić information content (AvgIpc) is 2.45. The van der Waals surface area contributed by atoms with Crippen molar-refractivity contribution in [2.75, 3.05) is 0 Å². The molecular formula is C16H14Cl2N2O. The van der Waals surface area contributed by atoms with Gasteiger partial charge in [-0.3, -0.25) is 15.6 Å². The standard InChI is InChI=1S/C16H14Cl2N2O/c1-10-3-5-12(6-4-10)11(2)19-20-16(21)14-8-7-13(17)9-15(14)18/h3-9,19H,2H2,1H3,(H,20,21). The Morgan fingerprint density at radius 2 is 1.71 bits per heavy atom. The largest absolute Gasteiger partial charge is 0.298 e. The minimum absolute atomic E-state index is 0.294. The van der Waals surface area contributed by atoms with E-state index in [1.807, 2.05) is 31.2 Å². The van der Waals surface area contributed by atoms with Crippen LogP contribution < -0.4 is 10.9 Å². The highest BCUT2D eigenvalue weighted by Gasteiger charge is 2.10. The molecule has 3 nitrogen and oxygen atoms in total. The quantitative estimate of drug-likeness (QED) is 0.829. The van der Waals surface area contributed by atoms with Crippen molar-refractivity contribution in [3.05, 3.63) is 75.8 Å². The number of carbonyl (C=O) groups is 1. The molecule has 0 heterocycles. The maximum atomic E-state index is 12.0. The fourth-order valence-electron chi connectivity index (χ4n) is 1.70. The van der Waals surface area contributed by atoms with Crippen LogP contribution in [0.2, 0.25) is 10.0 Å². The smallest absolute Gasteiger partial charge is 0.271 e. The van der Waals surface area contributed by atoms with Crippen LogP contribution in [0, 0.1) is 6.92 Å². The molecule has 0 aliphatic heterocycles. The van der Waals surface area contributed by atoms with Crippen LogP contribution in [0.5, 0.6) is 0 Å². The molecule has 0 aromatic heterocycles. The number of amides is 1. The number of hydrazine groups is 1. The highest BCUT2D eigenvalue weighted by atomic mass is 35.5. The predicted molar refractivity (Wildman–Crippen MR) is 87.3 cm³/mol. The van der Waals surface area contributed by atoms with Gasteiger partial charge in [0.15, 0.2) is 0 Å². The molecule has 2 aromatic carbocycles. The summed E-state index contributed by atoms with van der Waals surface area (Å²) in [5.74, 6) is -0.357. The van der Waals surface area contributed by atoms with Gasteiger partial charge in [-0.15, -0.1) is 0 Å². The summed E-state index contributed by atoms with van der Waals surface area (Å²) in [6, 6.07) is 12.5. The lowest BCUT2D eigenvalue weighted by Gasteiger charge is -2.12. The molecule has 5 heteroatoms. The van der Waals surface area contributed by atoms with Gasteiger partial charge in [-0.25, -0.2) is 0 Å². The van der Waals surface area contributed by atoms with E-state index in [0.717, 1.165) is 11.1 Å². The summed E-state index contributed by atoms with van der Waals surface area (Å²) >= 11 is 11.8. The fourth-order valence-corrected chi connectivity index (χ4v) is 2.19. The van der Waals surface area contributed by atoms with Gasteiger partial charge in [0.2, 0.25) is 0 Å². The van der Waals surface area contributed by atoms with Crippen LogP contribution in [0.25, 0.3) is 5.70 Å². The SMILES string of the molecule is C=C(NNC(=O)c1ccc(Cl)cc1Cl)c1ccc(C)cc1. The fraction of sp³-hybridized carbons (Fsp3) is 0.0625. The molecule has 0 atom stereocenters. The normalized spacial score (nSPS) is 10.0. The Kier molecular flexibility index (Phi) is 4.89. The zero-order valence-corrected chi connectivity index (χ0v) is 12.9. The van der Waals surface area contributed by atoms with Crippen molar-refractivity contribution in [1.29, 1.82) is 0 Å². The Labute approximate surface area is 133 Å². The van der Waals surface area contributed by atoms with E-state index in [1.54, 1.807) is 12.1 Å². The maximum absolute atomic E-state index is 12.0. The van der Waals surface area contributed by atoms with Crippen molar-refractivity contribution in [2.45, 2.75) is 6.92 Å². The first-order valence-corrected chi connectivity index (χ1v) is 7.00. The number of hydrogen-bond acceptors (Lipinski definition) is 2. The average molecular weight is 321 g/mol. The molecule has 0 radical (unpaired) electrons. The lowest BCUT2D eigenvalue weighted by molar-refractivity contribution is 0.0942. The van der Waals surface area contributed by atoms with Crippen molar-refractivity contribution in [3.63, 3.8) is 0 Å². The molecule has 21 heavy (non-hydrogen) atoms. The molecule has 108 valence electrons. The summed E-state index contributed by atoms with van der Waals surface area (Å²) in [4.78, 5) is 12.0. The van der Waals surface area contributed by atoms with Crippen molar-refractivity contribution < 1.29 is 4.79 Å². The second kappa shape index (κ2) is 6.66. The minimum atomic E-state index is -0.357. The molecule has 0 fully saturated rings. The van der Waals surface area contributed by atoms with E-state index >= 15 is 0 Å². The summed E-state index contributed by atoms with van der Waals surface area (Å²) in [6.45, 7) is 5.88. The maximum Gasteiger partial charge on any atom is 0.271 e. The first kappa shape index (κ1) is 15.4. The number of halogens is 2. The zero-order chi connectivity index (χ0) is 15.4. The molecule has 2 rings (SSSR count). The lowest BCUT2D eigenvalue weighted by atomic mass is 10.1. The number of benzene rings is 2. The van der Waals surface area contributed by atoms with Gasteiger partial charge in [-0.1, -0.05) is 59.6 Å².